The van der Waals surface area contributed by atoms with Crippen LogP contribution in [0.4, 0.5) is 13.2 Å². The molecule has 1 aromatic carbocycles. The van der Waals surface area contributed by atoms with Crippen LogP contribution in [-0.4, -0.2) is 13.9 Å². The predicted octanol–water partition coefficient (Wildman–Crippen LogP) is 3.81. The molecule has 0 saturated carbocycles. The van der Waals surface area contributed by atoms with Gasteiger partial charge in [0.15, 0.2) is 0 Å². The molecule has 0 atom stereocenters. The summed E-state index contributed by atoms with van der Waals surface area (Å²) in [6, 6.07) is 5.77. The molecule has 20 heavy (non-hydrogen) atoms. The standard InChI is InChI=1S/C13H15F3O3S/c1-9(2)10(3)8-11-6-4-5-7-12(11)19-20(17,18)13(14,15)16/h4-7H,8H2,1-3H3. The van der Waals surface area contributed by atoms with E-state index in [0.29, 0.717) is 12.0 Å². The van der Waals surface area contributed by atoms with Crippen LogP contribution in [0, 0.1) is 0 Å². The average molecular weight is 308 g/mol. The summed E-state index contributed by atoms with van der Waals surface area (Å²) in [5, 5.41) is 0. The van der Waals surface area contributed by atoms with E-state index in [2.05, 4.69) is 4.18 Å². The molecule has 0 spiro atoms. The van der Waals surface area contributed by atoms with Crippen molar-refractivity contribution >= 4 is 10.1 Å². The van der Waals surface area contributed by atoms with Crippen LogP contribution in [-0.2, 0) is 16.5 Å². The second-order valence-electron chi connectivity index (χ2n) is 4.55. The molecule has 0 radical (unpaired) electrons. The summed E-state index contributed by atoms with van der Waals surface area (Å²) >= 11 is 0. The molecule has 1 rings (SSSR count). The smallest absolute Gasteiger partial charge is 0.376 e. The van der Waals surface area contributed by atoms with Gasteiger partial charge < -0.3 is 4.18 Å². The maximum atomic E-state index is 12.3. The molecule has 1 aromatic rings. The van der Waals surface area contributed by atoms with Gasteiger partial charge in [0, 0.05) is 0 Å². The maximum absolute atomic E-state index is 12.3. The summed E-state index contributed by atoms with van der Waals surface area (Å²) in [6.45, 7) is 5.56. The molecule has 3 nitrogen and oxygen atoms in total. The van der Waals surface area contributed by atoms with Crippen LogP contribution in [0.3, 0.4) is 0 Å². The fraction of sp³-hybridized carbons (Fsp3) is 0.385. The highest BCUT2D eigenvalue weighted by Gasteiger charge is 2.48. The summed E-state index contributed by atoms with van der Waals surface area (Å²) in [6.07, 6.45) is 0.325. The SMILES string of the molecule is CC(C)=C(C)Cc1ccccc1OS(=O)(=O)C(F)(F)F. The van der Waals surface area contributed by atoms with Crippen molar-refractivity contribution in [1.82, 2.24) is 0 Å². The summed E-state index contributed by atoms with van der Waals surface area (Å²) in [5.74, 6) is -0.301. The van der Waals surface area contributed by atoms with Gasteiger partial charge in [-0.05, 0) is 38.8 Å². The normalized spacial score (nSPS) is 12.1. The van der Waals surface area contributed by atoms with E-state index in [1.807, 2.05) is 20.8 Å². The molecule has 0 N–H and O–H groups in total. The molecular formula is C13H15F3O3S. The molecule has 0 aliphatic carbocycles. The molecule has 7 heteroatoms. The lowest BCUT2D eigenvalue weighted by Crippen LogP contribution is -2.28. The molecule has 0 saturated heterocycles. The van der Waals surface area contributed by atoms with Crippen LogP contribution < -0.4 is 4.18 Å². The van der Waals surface area contributed by atoms with Crippen LogP contribution in [0.1, 0.15) is 26.3 Å². The Morgan fingerprint density at radius 3 is 2.20 bits per heavy atom. The Morgan fingerprint density at radius 2 is 1.70 bits per heavy atom. The molecule has 0 heterocycles. The topological polar surface area (TPSA) is 43.4 Å². The van der Waals surface area contributed by atoms with Gasteiger partial charge in [0.25, 0.3) is 0 Å². The van der Waals surface area contributed by atoms with Gasteiger partial charge in [-0.2, -0.15) is 21.6 Å². The second kappa shape index (κ2) is 5.87. The summed E-state index contributed by atoms with van der Waals surface area (Å²) < 4.78 is 63.2. The van der Waals surface area contributed by atoms with E-state index in [1.165, 1.54) is 18.2 Å². The van der Waals surface area contributed by atoms with Crippen LogP contribution >= 0.6 is 0 Å². The molecule has 0 amide bonds. The third kappa shape index (κ3) is 4.00. The highest BCUT2D eigenvalue weighted by molar-refractivity contribution is 7.88. The minimum atomic E-state index is -5.65. The fourth-order valence-electron chi connectivity index (χ4n) is 1.36. The van der Waals surface area contributed by atoms with Crippen molar-refractivity contribution in [1.29, 1.82) is 0 Å². The first-order valence-electron chi connectivity index (χ1n) is 5.76. The van der Waals surface area contributed by atoms with Crippen molar-refractivity contribution in [2.75, 3.05) is 0 Å². The third-order valence-electron chi connectivity index (χ3n) is 2.76. The van der Waals surface area contributed by atoms with Crippen LogP contribution in [0.2, 0.25) is 0 Å². The van der Waals surface area contributed by atoms with Gasteiger partial charge in [-0.1, -0.05) is 29.3 Å². The molecule has 0 fully saturated rings. The van der Waals surface area contributed by atoms with Crippen molar-refractivity contribution in [2.45, 2.75) is 32.7 Å². The Balaban J connectivity index is 3.13. The minimum absolute atomic E-state index is 0.301. The second-order valence-corrected chi connectivity index (χ2v) is 6.09. The number of alkyl halides is 3. The van der Waals surface area contributed by atoms with Crippen LogP contribution in [0.15, 0.2) is 35.4 Å². The zero-order chi connectivity index (χ0) is 15.6. The molecule has 0 aromatic heterocycles. The quantitative estimate of drug-likeness (QED) is 0.482. The lowest BCUT2D eigenvalue weighted by Gasteiger charge is -2.13. The van der Waals surface area contributed by atoms with Gasteiger partial charge in [-0.3, -0.25) is 0 Å². The Bertz CT molecular complexity index is 612. The first-order chi connectivity index (χ1) is 9.04. The van der Waals surface area contributed by atoms with E-state index in [1.54, 1.807) is 6.07 Å². The summed E-state index contributed by atoms with van der Waals surface area (Å²) in [7, 11) is -5.65. The minimum Gasteiger partial charge on any atom is -0.376 e. The van der Waals surface area contributed by atoms with Crippen LogP contribution in [0.25, 0.3) is 0 Å². The molecule has 0 bridgehead atoms. The molecule has 0 aliphatic heterocycles. The molecule has 0 aliphatic rings. The van der Waals surface area contributed by atoms with Gasteiger partial charge >= 0.3 is 15.6 Å². The number of rotatable bonds is 4. The van der Waals surface area contributed by atoms with Crippen molar-refractivity contribution in [2.24, 2.45) is 0 Å². The van der Waals surface area contributed by atoms with E-state index in [4.69, 9.17) is 0 Å². The highest BCUT2D eigenvalue weighted by Crippen LogP contribution is 2.30. The van der Waals surface area contributed by atoms with E-state index in [-0.39, 0.29) is 5.75 Å². The van der Waals surface area contributed by atoms with Crippen molar-refractivity contribution in [3.8, 4) is 5.75 Å². The Kier molecular flexibility index (Phi) is 4.86. The maximum Gasteiger partial charge on any atom is 0.534 e. The Morgan fingerprint density at radius 1 is 1.15 bits per heavy atom. The average Bonchev–Trinajstić information content (AvgIpc) is 2.29. The number of halogens is 3. The monoisotopic (exact) mass is 308 g/mol. The lowest BCUT2D eigenvalue weighted by atomic mass is 10.0. The number of hydrogen-bond donors (Lipinski definition) is 0. The van der Waals surface area contributed by atoms with Gasteiger partial charge in [0.2, 0.25) is 0 Å². The Hall–Kier alpha value is -1.50. The predicted molar refractivity (Wildman–Crippen MR) is 69.8 cm³/mol. The zero-order valence-corrected chi connectivity index (χ0v) is 12.1. The van der Waals surface area contributed by atoms with E-state index in [0.717, 1.165) is 11.1 Å². The van der Waals surface area contributed by atoms with Gasteiger partial charge in [-0.25, -0.2) is 0 Å². The Labute approximate surface area is 116 Å². The summed E-state index contributed by atoms with van der Waals surface area (Å²) in [4.78, 5) is 0. The van der Waals surface area contributed by atoms with Crippen LogP contribution in [0.5, 0.6) is 5.75 Å². The first-order valence-corrected chi connectivity index (χ1v) is 7.17. The number of hydrogen-bond acceptors (Lipinski definition) is 3. The third-order valence-corrected chi connectivity index (χ3v) is 3.73. The van der Waals surface area contributed by atoms with Gasteiger partial charge in [-0.15, -0.1) is 0 Å². The molecular weight excluding hydrogens is 293 g/mol. The number of para-hydroxylation sites is 1. The summed E-state index contributed by atoms with van der Waals surface area (Å²) in [5.41, 5.74) is -3.10. The van der Waals surface area contributed by atoms with Crippen molar-refractivity contribution < 1.29 is 25.8 Å². The molecule has 0 unspecified atom stereocenters. The molecule has 112 valence electrons. The van der Waals surface area contributed by atoms with Crippen molar-refractivity contribution in [3.63, 3.8) is 0 Å². The largest absolute Gasteiger partial charge is 0.534 e. The van der Waals surface area contributed by atoms with Gasteiger partial charge in [0.05, 0.1) is 0 Å². The van der Waals surface area contributed by atoms with Crippen molar-refractivity contribution in [3.05, 3.63) is 41.0 Å². The van der Waals surface area contributed by atoms with E-state index >= 15 is 0 Å². The van der Waals surface area contributed by atoms with Gasteiger partial charge in [0.1, 0.15) is 5.75 Å². The zero-order valence-electron chi connectivity index (χ0n) is 11.3. The first kappa shape index (κ1) is 16.6. The number of benzene rings is 1. The highest BCUT2D eigenvalue weighted by atomic mass is 32.2. The van der Waals surface area contributed by atoms with E-state index < -0.39 is 15.6 Å². The fourth-order valence-corrected chi connectivity index (χ4v) is 1.85. The van der Waals surface area contributed by atoms with E-state index in [9.17, 15) is 21.6 Å². The lowest BCUT2D eigenvalue weighted by molar-refractivity contribution is -0.0500. The number of allylic oxidation sites excluding steroid dienone is 2.